The van der Waals surface area contributed by atoms with Crippen molar-refractivity contribution in [2.24, 2.45) is 11.8 Å². The molecule has 216 valence electrons. The Hall–Kier alpha value is -0.990. The van der Waals surface area contributed by atoms with Gasteiger partial charge in [-0.25, -0.2) is 0 Å². The van der Waals surface area contributed by atoms with Gasteiger partial charge in [-0.05, 0) is 78.4 Å². The highest BCUT2D eigenvalue weighted by Gasteiger charge is 2.47. The van der Waals surface area contributed by atoms with Crippen LogP contribution in [0.15, 0.2) is 0 Å². The number of likely N-dealkylation sites (N-methyl/N-ethyl adjacent to an activating group) is 1. The molecule has 0 aromatic rings. The third-order valence-electron chi connectivity index (χ3n) is 8.89. The maximum absolute atomic E-state index is 12.6. The standard InChI is InChI=1S/C28H49ClN6O3/c1-4-37-26-13-23-21(12-24(26)34-27(36)16-35(2)3)28(18(14-30)15-32-23)33-19-8-9-25(22(29)11-19)38-17-20-7-5-6-10-31-20/h18-26,28,31-33H,4-13,15-17H2,1-3H3,(H,34,36). The first-order valence-corrected chi connectivity index (χ1v) is 15.2. The van der Waals surface area contributed by atoms with Crippen molar-refractivity contribution in [3.8, 4) is 6.07 Å². The highest BCUT2D eigenvalue weighted by Crippen LogP contribution is 2.36. The number of hydrogen-bond acceptors (Lipinski definition) is 8. The lowest BCUT2D eigenvalue weighted by Gasteiger charge is -2.50. The lowest BCUT2D eigenvalue weighted by molar-refractivity contribution is -0.125. The second kappa shape index (κ2) is 14.6. The molecule has 0 spiro atoms. The van der Waals surface area contributed by atoms with E-state index < -0.39 is 0 Å². The van der Waals surface area contributed by atoms with Gasteiger partial charge < -0.3 is 35.6 Å². The van der Waals surface area contributed by atoms with Crippen LogP contribution < -0.4 is 21.3 Å². The molecule has 2 saturated carbocycles. The SMILES string of the molecule is CCOC1CC2NCC(C#N)C(NC3CCC(OCC4CCCCN4)C(Cl)C3)C2CC1NC(=O)CN(C)C. The normalized spacial score (nSPS) is 39.8. The summed E-state index contributed by atoms with van der Waals surface area (Å²) in [5, 5.41) is 24.3. The zero-order chi connectivity index (χ0) is 27.1. The Kier molecular flexibility index (Phi) is 11.5. The van der Waals surface area contributed by atoms with Gasteiger partial charge in [-0.2, -0.15) is 5.26 Å². The average molecular weight is 553 g/mol. The number of rotatable bonds is 10. The van der Waals surface area contributed by atoms with Crippen LogP contribution in [0, 0.1) is 23.2 Å². The number of nitrogens with one attached hydrogen (secondary N) is 4. The van der Waals surface area contributed by atoms with Crippen molar-refractivity contribution >= 4 is 17.5 Å². The monoisotopic (exact) mass is 552 g/mol. The van der Waals surface area contributed by atoms with E-state index in [4.69, 9.17) is 21.1 Å². The van der Waals surface area contributed by atoms with Crippen molar-refractivity contribution in [2.75, 3.05) is 46.9 Å². The minimum Gasteiger partial charge on any atom is -0.376 e. The van der Waals surface area contributed by atoms with Gasteiger partial charge >= 0.3 is 0 Å². The van der Waals surface area contributed by atoms with Crippen molar-refractivity contribution in [1.29, 1.82) is 5.26 Å². The molecule has 0 radical (unpaired) electrons. The van der Waals surface area contributed by atoms with E-state index in [1.165, 1.54) is 19.3 Å². The van der Waals surface area contributed by atoms with Gasteiger partial charge in [-0.15, -0.1) is 11.6 Å². The highest BCUT2D eigenvalue weighted by atomic mass is 35.5. The van der Waals surface area contributed by atoms with Crippen molar-refractivity contribution in [3.05, 3.63) is 0 Å². The molecule has 2 heterocycles. The summed E-state index contributed by atoms with van der Waals surface area (Å²) in [6, 6.07) is 3.51. The molecule has 10 heteroatoms. The zero-order valence-electron chi connectivity index (χ0n) is 23.5. The molecule has 0 bridgehead atoms. The summed E-state index contributed by atoms with van der Waals surface area (Å²) in [6.07, 6.45) is 8.15. The smallest absolute Gasteiger partial charge is 0.234 e. The topological polar surface area (TPSA) is 111 Å². The van der Waals surface area contributed by atoms with Crippen LogP contribution in [0.25, 0.3) is 0 Å². The van der Waals surface area contributed by atoms with Crippen LogP contribution >= 0.6 is 11.6 Å². The molecule has 2 aliphatic carbocycles. The Morgan fingerprint density at radius 2 is 1.95 bits per heavy atom. The van der Waals surface area contributed by atoms with Crippen molar-refractivity contribution in [3.63, 3.8) is 0 Å². The number of hydrogen-bond donors (Lipinski definition) is 4. The zero-order valence-corrected chi connectivity index (χ0v) is 24.2. The van der Waals surface area contributed by atoms with E-state index in [9.17, 15) is 10.1 Å². The summed E-state index contributed by atoms with van der Waals surface area (Å²) < 4.78 is 12.4. The fourth-order valence-electron chi connectivity index (χ4n) is 6.99. The van der Waals surface area contributed by atoms with Crippen LogP contribution in [0.2, 0.25) is 0 Å². The minimum atomic E-state index is -0.127. The molecule has 1 amide bonds. The number of nitrogens with zero attached hydrogens (tertiary/aromatic N) is 2. The van der Waals surface area contributed by atoms with Gasteiger partial charge in [0, 0.05) is 37.3 Å². The van der Waals surface area contributed by atoms with Crippen LogP contribution in [0.4, 0.5) is 0 Å². The van der Waals surface area contributed by atoms with E-state index in [1.807, 2.05) is 25.9 Å². The number of nitriles is 1. The number of fused-ring (bicyclic) bond motifs is 1. The fourth-order valence-corrected chi connectivity index (χ4v) is 7.41. The average Bonchev–Trinajstić information content (AvgIpc) is 2.89. The van der Waals surface area contributed by atoms with E-state index in [2.05, 4.69) is 27.3 Å². The van der Waals surface area contributed by atoms with E-state index in [-0.39, 0.29) is 59.5 Å². The first-order valence-electron chi connectivity index (χ1n) is 14.8. The predicted molar refractivity (Wildman–Crippen MR) is 149 cm³/mol. The second-order valence-corrected chi connectivity index (χ2v) is 12.6. The molecular weight excluding hydrogens is 504 g/mol. The minimum absolute atomic E-state index is 0.0139. The van der Waals surface area contributed by atoms with Crippen LogP contribution in [0.3, 0.4) is 0 Å². The number of halogens is 1. The Balaban J connectivity index is 1.36. The quantitative estimate of drug-likeness (QED) is 0.303. The van der Waals surface area contributed by atoms with E-state index >= 15 is 0 Å². The number of carbonyl (C=O) groups is 1. The number of carbonyl (C=O) groups excluding carboxylic acids is 1. The summed E-state index contributed by atoms with van der Waals surface area (Å²) in [4.78, 5) is 14.5. The molecule has 10 atom stereocenters. The maximum atomic E-state index is 12.6. The van der Waals surface area contributed by atoms with Crippen LogP contribution in [0.5, 0.6) is 0 Å². The maximum Gasteiger partial charge on any atom is 0.234 e. The number of amides is 1. The van der Waals surface area contributed by atoms with Gasteiger partial charge in [0.25, 0.3) is 0 Å². The molecule has 10 unspecified atom stereocenters. The first kappa shape index (κ1) is 30.0. The van der Waals surface area contributed by atoms with Gasteiger partial charge in [-0.3, -0.25) is 4.79 Å². The first-order chi connectivity index (χ1) is 18.4. The predicted octanol–water partition coefficient (Wildman–Crippen LogP) is 1.60. The molecule has 4 rings (SSSR count). The van der Waals surface area contributed by atoms with Gasteiger partial charge in [0.15, 0.2) is 0 Å². The summed E-state index contributed by atoms with van der Waals surface area (Å²) in [5.74, 6) is 0.119. The summed E-state index contributed by atoms with van der Waals surface area (Å²) in [6.45, 7) is 5.46. The Morgan fingerprint density at radius 3 is 2.63 bits per heavy atom. The third-order valence-corrected chi connectivity index (χ3v) is 9.35. The molecule has 2 saturated heterocycles. The molecule has 38 heavy (non-hydrogen) atoms. The molecule has 9 nitrogen and oxygen atoms in total. The molecule has 4 aliphatic rings. The number of piperidine rings is 2. The molecule has 4 fully saturated rings. The lowest BCUT2D eigenvalue weighted by Crippen LogP contribution is -2.66. The molecule has 2 aliphatic heterocycles. The fraction of sp³-hybridized carbons (Fsp3) is 0.929. The number of alkyl halides is 1. The molecule has 0 aromatic heterocycles. The van der Waals surface area contributed by atoms with E-state index in [0.29, 0.717) is 25.7 Å². The van der Waals surface area contributed by atoms with Crippen molar-refractivity contribution < 1.29 is 14.3 Å². The van der Waals surface area contributed by atoms with Crippen LogP contribution in [-0.4, -0.2) is 106 Å². The summed E-state index contributed by atoms with van der Waals surface area (Å²) >= 11 is 6.87. The Labute approximate surface area is 234 Å². The summed E-state index contributed by atoms with van der Waals surface area (Å²) in [5.41, 5.74) is 0. The Morgan fingerprint density at radius 1 is 1.11 bits per heavy atom. The Bertz CT molecular complexity index is 791. The molecule has 0 aromatic carbocycles. The van der Waals surface area contributed by atoms with Crippen LogP contribution in [0.1, 0.15) is 58.3 Å². The largest absolute Gasteiger partial charge is 0.376 e. The highest BCUT2D eigenvalue weighted by molar-refractivity contribution is 6.21. The lowest BCUT2D eigenvalue weighted by atomic mass is 9.69. The van der Waals surface area contributed by atoms with Gasteiger partial charge in [0.2, 0.25) is 5.91 Å². The molecule has 4 N–H and O–H groups in total. The van der Waals surface area contributed by atoms with Crippen LogP contribution in [-0.2, 0) is 14.3 Å². The third kappa shape index (κ3) is 8.03. The molecular formula is C28H49ClN6O3. The van der Waals surface area contributed by atoms with Gasteiger partial charge in [0.05, 0.1) is 48.8 Å². The van der Waals surface area contributed by atoms with Crippen molar-refractivity contribution in [1.82, 2.24) is 26.2 Å². The van der Waals surface area contributed by atoms with Gasteiger partial charge in [0.1, 0.15) is 0 Å². The van der Waals surface area contributed by atoms with Crippen molar-refractivity contribution in [2.45, 2.75) is 106 Å². The van der Waals surface area contributed by atoms with Gasteiger partial charge in [-0.1, -0.05) is 6.42 Å². The number of ether oxygens (including phenoxy) is 2. The van der Waals surface area contributed by atoms with E-state index in [1.54, 1.807) is 0 Å². The second-order valence-electron chi connectivity index (χ2n) is 12.0. The van der Waals surface area contributed by atoms with E-state index in [0.717, 1.165) is 45.3 Å². The summed E-state index contributed by atoms with van der Waals surface area (Å²) in [7, 11) is 3.80.